The molecule has 7 heteroatoms. The van der Waals surface area contributed by atoms with Crippen LogP contribution in [0.15, 0.2) is 91.0 Å². The molecule has 3 aromatic rings. The Bertz CT molecular complexity index is 1200. The minimum atomic E-state index is -2.45. The van der Waals surface area contributed by atoms with Crippen molar-refractivity contribution in [1.82, 2.24) is 5.09 Å². The summed E-state index contributed by atoms with van der Waals surface area (Å²) in [4.78, 5) is 12.4. The van der Waals surface area contributed by atoms with Gasteiger partial charge in [0.25, 0.3) is 0 Å². The molecule has 0 saturated carbocycles. The summed E-state index contributed by atoms with van der Waals surface area (Å²) in [6.45, 7) is 5.51. The highest BCUT2D eigenvalue weighted by Gasteiger charge is 2.37. The molecule has 0 amide bonds. The van der Waals surface area contributed by atoms with Crippen molar-refractivity contribution in [2.75, 3.05) is 0 Å². The molecule has 0 radical (unpaired) electrons. The number of ether oxygens (including phenoxy) is 2. The lowest BCUT2D eigenvalue weighted by Crippen LogP contribution is -2.35. The van der Waals surface area contributed by atoms with Crippen LogP contribution in [0, 0.1) is 0 Å². The largest absolute Gasteiger partial charge is 0.484 e. The molecule has 0 spiro atoms. The lowest BCUT2D eigenvalue weighted by atomic mass is 10.0. The Balaban J connectivity index is 1.74. The molecule has 0 unspecified atom stereocenters. The maximum Gasteiger partial charge on any atom is 0.331 e. The number of fused-ring (bicyclic) bond motifs is 1. The van der Waals surface area contributed by atoms with Crippen molar-refractivity contribution in [3.05, 3.63) is 102 Å². The number of rotatable bonds is 6. The van der Waals surface area contributed by atoms with Gasteiger partial charge in [0.15, 0.2) is 0 Å². The first-order chi connectivity index (χ1) is 16.2. The number of esters is 1. The van der Waals surface area contributed by atoms with Crippen LogP contribution in [0.5, 0.6) is 5.75 Å². The van der Waals surface area contributed by atoms with E-state index in [9.17, 15) is 4.79 Å². The number of benzene rings is 3. The molecule has 4 nitrogen and oxygen atoms in total. The van der Waals surface area contributed by atoms with Crippen LogP contribution >= 0.6 is 17.8 Å². The second kappa shape index (κ2) is 10.1. The van der Waals surface area contributed by atoms with E-state index in [4.69, 9.17) is 32.9 Å². The van der Waals surface area contributed by atoms with Crippen molar-refractivity contribution in [1.29, 1.82) is 0 Å². The van der Waals surface area contributed by atoms with Crippen LogP contribution < -0.4 is 20.4 Å². The molecule has 2 atom stereocenters. The topological polar surface area (TPSA) is 47.6 Å². The normalized spacial score (nSPS) is 17.9. The molecule has 0 aromatic heterocycles. The van der Waals surface area contributed by atoms with Crippen molar-refractivity contribution in [3.63, 3.8) is 0 Å². The monoisotopic (exact) mass is 511 g/mol. The molecule has 4 rings (SSSR count). The summed E-state index contributed by atoms with van der Waals surface area (Å²) in [5.41, 5.74) is 0.334. The van der Waals surface area contributed by atoms with Crippen LogP contribution in [0.3, 0.4) is 0 Å². The van der Waals surface area contributed by atoms with E-state index in [1.54, 1.807) is 12.1 Å². The minimum Gasteiger partial charge on any atom is -0.484 e. The number of hydrogen-bond donors (Lipinski definition) is 1. The number of nitrogens with one attached hydrogen (secondary N) is 1. The number of carbonyl (C=O) groups is 1. The summed E-state index contributed by atoms with van der Waals surface area (Å²) in [7, 11) is 0. The maximum absolute atomic E-state index is 12.4. The van der Waals surface area contributed by atoms with E-state index in [-0.39, 0.29) is 6.04 Å². The molecule has 1 N–H and O–H groups in total. The van der Waals surface area contributed by atoms with Gasteiger partial charge in [-0.25, -0.2) is 4.79 Å². The van der Waals surface area contributed by atoms with Gasteiger partial charge in [-0.3, -0.25) is 5.09 Å². The highest BCUT2D eigenvalue weighted by molar-refractivity contribution is 8.20. The Hall–Kier alpha value is -2.43. The van der Waals surface area contributed by atoms with Crippen LogP contribution in [-0.2, 0) is 21.3 Å². The van der Waals surface area contributed by atoms with Gasteiger partial charge >= 0.3 is 5.97 Å². The van der Waals surface area contributed by atoms with Gasteiger partial charge in [-0.15, -0.1) is 0 Å². The van der Waals surface area contributed by atoms with Gasteiger partial charge in [0, 0.05) is 27.3 Å². The first kappa shape index (κ1) is 24.7. The van der Waals surface area contributed by atoms with Crippen molar-refractivity contribution in [3.8, 4) is 5.75 Å². The molecular weight excluding hydrogens is 485 g/mol. The van der Waals surface area contributed by atoms with E-state index in [0.29, 0.717) is 10.8 Å². The Kier molecular flexibility index (Phi) is 7.30. The zero-order valence-electron chi connectivity index (χ0n) is 19.3. The molecule has 0 fully saturated rings. The summed E-state index contributed by atoms with van der Waals surface area (Å²) in [5, 5.41) is 6.47. The zero-order valence-corrected chi connectivity index (χ0v) is 21.7. The van der Waals surface area contributed by atoms with Crippen LogP contribution in [0.25, 0.3) is 0 Å². The highest BCUT2D eigenvalue weighted by Crippen LogP contribution is 2.47. The van der Waals surface area contributed by atoms with Gasteiger partial charge in [-0.05, 0) is 45.0 Å². The predicted molar refractivity (Wildman–Crippen MR) is 143 cm³/mol. The average molecular weight is 512 g/mol. The molecule has 0 aliphatic carbocycles. The molecule has 0 saturated heterocycles. The second-order valence-electron chi connectivity index (χ2n) is 9.04. The van der Waals surface area contributed by atoms with Gasteiger partial charge in [0.05, 0.1) is 12.2 Å². The molecule has 1 aliphatic heterocycles. The molecule has 176 valence electrons. The molecule has 34 heavy (non-hydrogen) atoms. The fourth-order valence-corrected chi connectivity index (χ4v) is 7.54. The molecule has 3 aromatic carbocycles. The van der Waals surface area contributed by atoms with E-state index in [0.717, 1.165) is 16.2 Å². The molecule has 1 heterocycles. The Labute approximate surface area is 211 Å². The minimum absolute atomic E-state index is 0.307. The van der Waals surface area contributed by atoms with E-state index in [2.05, 4.69) is 29.4 Å². The van der Waals surface area contributed by atoms with Crippen LogP contribution in [0.1, 0.15) is 32.4 Å². The Morgan fingerprint density at radius 1 is 1.03 bits per heavy atom. The lowest BCUT2D eigenvalue weighted by molar-refractivity contribution is -0.148. The van der Waals surface area contributed by atoms with E-state index < -0.39 is 23.9 Å². The highest BCUT2D eigenvalue weighted by atomic mass is 35.5. The summed E-state index contributed by atoms with van der Waals surface area (Å²) < 4.78 is 11.7. The Morgan fingerprint density at radius 3 is 2.18 bits per heavy atom. The fourth-order valence-electron chi connectivity index (χ4n) is 3.83. The first-order valence-electron chi connectivity index (χ1n) is 11.0. The van der Waals surface area contributed by atoms with Gasteiger partial charge in [-0.2, -0.15) is 0 Å². The van der Waals surface area contributed by atoms with Gasteiger partial charge in [0.2, 0.25) is 0 Å². The summed E-state index contributed by atoms with van der Waals surface area (Å²) >= 11 is 12.7. The lowest BCUT2D eigenvalue weighted by Gasteiger charge is -2.30. The van der Waals surface area contributed by atoms with Crippen LogP contribution in [0.4, 0.5) is 0 Å². The quantitative estimate of drug-likeness (QED) is 0.262. The van der Waals surface area contributed by atoms with Crippen molar-refractivity contribution < 1.29 is 14.3 Å². The maximum atomic E-state index is 12.4. The molecule has 1 aliphatic rings. The van der Waals surface area contributed by atoms with Gasteiger partial charge in [0.1, 0.15) is 17.5 Å². The summed E-state index contributed by atoms with van der Waals surface area (Å²) in [6, 6.07) is 25.4. The van der Waals surface area contributed by atoms with Crippen molar-refractivity contribution in [2.24, 2.45) is 0 Å². The van der Waals surface area contributed by atoms with Crippen LogP contribution in [-0.4, -0.2) is 17.7 Å². The van der Waals surface area contributed by atoms with Crippen molar-refractivity contribution in [2.45, 2.75) is 38.5 Å². The number of carbonyl (C=O) groups excluding carboxylic acids is 1. The van der Waals surface area contributed by atoms with Crippen LogP contribution in [0.2, 0.25) is 5.02 Å². The first-order valence-corrected chi connectivity index (χ1v) is 14.2. The molecule has 0 bridgehead atoms. The number of hydrogen-bond acceptors (Lipinski definition) is 4. The van der Waals surface area contributed by atoms with E-state index >= 15 is 0 Å². The standard InChI is InChI=1S/C27H27ClNO3PS/c1-27(2,3)32-25(30)17-16-24-26(22-18-19(28)14-15-23(22)31-24)29-33(34,20-10-6-4-7-11-20)21-12-8-5-9-13-21/h4-18,24,26H,1-3H3,(H,29,34)/b17-16+/t24-,26-/m1/s1. The number of halogens is 1. The molecular formula is C27H27ClNO3PS. The van der Waals surface area contributed by atoms with Gasteiger partial charge in [-0.1, -0.05) is 84.1 Å². The summed E-state index contributed by atoms with van der Waals surface area (Å²) in [5.74, 6) is 0.290. The van der Waals surface area contributed by atoms with E-state index in [1.165, 1.54) is 6.08 Å². The third kappa shape index (κ3) is 5.61. The van der Waals surface area contributed by atoms with E-state index in [1.807, 2.05) is 69.3 Å². The predicted octanol–water partition coefficient (Wildman–Crippen LogP) is 5.68. The van der Waals surface area contributed by atoms with Gasteiger partial charge < -0.3 is 9.47 Å². The summed E-state index contributed by atoms with van der Waals surface area (Å²) in [6.07, 6.45) is 0.240. The second-order valence-corrected chi connectivity index (χ2v) is 13.6. The SMILES string of the molecule is CC(C)(C)OC(=O)/C=C/[C@H]1Oc2ccc(Cl)cc2[C@H]1NP(=S)(c1ccccc1)c1ccccc1. The fraction of sp³-hybridized carbons (Fsp3) is 0.222. The van der Waals surface area contributed by atoms with Crippen molar-refractivity contribution >= 4 is 46.2 Å². The zero-order chi connectivity index (χ0) is 24.3. The average Bonchev–Trinajstić information content (AvgIpc) is 3.14. The third-order valence-corrected chi connectivity index (χ3v) is 9.80. The third-order valence-electron chi connectivity index (χ3n) is 5.29. The smallest absolute Gasteiger partial charge is 0.331 e. The Morgan fingerprint density at radius 2 is 1.62 bits per heavy atom.